The minimum Gasteiger partial charge on any atom is -0.481 e. The van der Waals surface area contributed by atoms with Gasteiger partial charge in [0, 0.05) is 26.3 Å². The van der Waals surface area contributed by atoms with Crippen LogP contribution in [0, 0.1) is 11.8 Å². The maximum absolute atomic E-state index is 11.6. The molecule has 0 aromatic rings. The first-order valence-electron chi connectivity index (χ1n) is 7.64. The normalized spacial score (nSPS) is 14.5. The molecule has 0 bridgehead atoms. The molecule has 128 valence electrons. The van der Waals surface area contributed by atoms with Crippen LogP contribution in [0.4, 0.5) is 4.79 Å². The summed E-state index contributed by atoms with van der Waals surface area (Å²) in [6.45, 7) is 7.37. The number of amides is 1. The predicted octanol–water partition coefficient (Wildman–Crippen LogP) is 2.54. The van der Waals surface area contributed by atoms with Gasteiger partial charge in [-0.1, -0.05) is 27.2 Å². The van der Waals surface area contributed by atoms with E-state index in [0.29, 0.717) is 12.3 Å². The van der Waals surface area contributed by atoms with Crippen molar-refractivity contribution in [3.05, 3.63) is 0 Å². The van der Waals surface area contributed by atoms with Crippen LogP contribution in [-0.4, -0.2) is 36.0 Å². The van der Waals surface area contributed by atoms with Gasteiger partial charge in [0.2, 0.25) is 6.29 Å². The van der Waals surface area contributed by atoms with Crippen LogP contribution in [0.15, 0.2) is 0 Å². The van der Waals surface area contributed by atoms with Crippen LogP contribution in [-0.2, 0) is 19.1 Å². The lowest BCUT2D eigenvalue weighted by atomic mass is 9.91. The molecule has 22 heavy (non-hydrogen) atoms. The molecule has 0 aromatic carbocycles. The maximum atomic E-state index is 11.6. The van der Waals surface area contributed by atoms with E-state index < -0.39 is 24.3 Å². The number of aliphatic carboxylic acids is 1. The number of alkyl carbamates (subject to hydrolysis) is 1. The number of hydrogen-bond donors (Lipinski definition) is 2. The lowest BCUT2D eigenvalue weighted by Gasteiger charge is -2.20. The number of carboxylic acid groups (broad SMARTS) is 1. The van der Waals surface area contributed by atoms with Gasteiger partial charge in [0.15, 0.2) is 0 Å². The Morgan fingerprint density at radius 1 is 1.14 bits per heavy atom. The first kappa shape index (κ1) is 20.2. The Morgan fingerprint density at radius 3 is 2.27 bits per heavy atom. The van der Waals surface area contributed by atoms with Gasteiger partial charge in [-0.25, -0.2) is 4.79 Å². The molecule has 0 aliphatic rings. The van der Waals surface area contributed by atoms with E-state index >= 15 is 0 Å². The van der Waals surface area contributed by atoms with Crippen LogP contribution in [0.2, 0.25) is 0 Å². The maximum Gasteiger partial charge on any atom is 0.410 e. The van der Waals surface area contributed by atoms with Crippen molar-refractivity contribution in [1.82, 2.24) is 5.32 Å². The molecule has 0 rings (SSSR count). The second-order valence-corrected chi connectivity index (χ2v) is 5.41. The van der Waals surface area contributed by atoms with Crippen LogP contribution in [0.5, 0.6) is 0 Å². The molecule has 0 aromatic heterocycles. The molecule has 0 spiro atoms. The Labute approximate surface area is 131 Å². The number of rotatable bonds is 10. The molecular weight excluding hydrogens is 290 g/mol. The average molecular weight is 317 g/mol. The third-order valence-corrected chi connectivity index (χ3v) is 3.29. The third kappa shape index (κ3) is 10.0. The SMILES string of the molecule is CCC(=O)O[C@H](C)OC(=O)NC[C@H](CC(=O)O)C[C@H](C)CC. The van der Waals surface area contributed by atoms with Gasteiger partial charge < -0.3 is 19.9 Å². The highest BCUT2D eigenvalue weighted by Crippen LogP contribution is 2.17. The molecule has 0 unspecified atom stereocenters. The molecule has 2 N–H and O–H groups in total. The van der Waals surface area contributed by atoms with Gasteiger partial charge in [-0.15, -0.1) is 0 Å². The summed E-state index contributed by atoms with van der Waals surface area (Å²) in [5.74, 6) is -1.13. The fraction of sp³-hybridized carbons (Fsp3) is 0.800. The number of esters is 1. The minimum atomic E-state index is -0.972. The van der Waals surface area contributed by atoms with E-state index in [1.807, 2.05) is 13.8 Å². The van der Waals surface area contributed by atoms with Gasteiger partial charge >= 0.3 is 18.0 Å². The smallest absolute Gasteiger partial charge is 0.410 e. The molecule has 7 nitrogen and oxygen atoms in total. The van der Waals surface area contributed by atoms with Gasteiger partial charge in [-0.3, -0.25) is 9.59 Å². The van der Waals surface area contributed by atoms with Crippen molar-refractivity contribution in [3.8, 4) is 0 Å². The van der Waals surface area contributed by atoms with Crippen molar-refractivity contribution in [2.75, 3.05) is 6.54 Å². The fourth-order valence-corrected chi connectivity index (χ4v) is 1.93. The number of nitrogens with one attached hydrogen (secondary N) is 1. The Morgan fingerprint density at radius 2 is 1.77 bits per heavy atom. The van der Waals surface area contributed by atoms with Crippen molar-refractivity contribution < 1.29 is 29.0 Å². The fourth-order valence-electron chi connectivity index (χ4n) is 1.93. The van der Waals surface area contributed by atoms with E-state index in [4.69, 9.17) is 14.6 Å². The number of carboxylic acids is 1. The van der Waals surface area contributed by atoms with E-state index in [9.17, 15) is 14.4 Å². The first-order chi connectivity index (χ1) is 10.3. The highest BCUT2D eigenvalue weighted by atomic mass is 16.7. The monoisotopic (exact) mass is 317 g/mol. The summed E-state index contributed by atoms with van der Waals surface area (Å²) < 4.78 is 9.68. The highest BCUT2D eigenvalue weighted by molar-refractivity contribution is 5.70. The molecule has 0 radical (unpaired) electrons. The van der Waals surface area contributed by atoms with Gasteiger partial charge in [0.25, 0.3) is 0 Å². The Kier molecular flexibility index (Phi) is 9.98. The molecule has 0 saturated heterocycles. The topological polar surface area (TPSA) is 102 Å². The number of hydrogen-bond acceptors (Lipinski definition) is 5. The molecule has 7 heteroatoms. The average Bonchev–Trinajstić information content (AvgIpc) is 2.43. The van der Waals surface area contributed by atoms with Gasteiger partial charge in [0.1, 0.15) is 0 Å². The lowest BCUT2D eigenvalue weighted by molar-refractivity contribution is -0.164. The van der Waals surface area contributed by atoms with Gasteiger partial charge in [-0.2, -0.15) is 0 Å². The Balaban J connectivity index is 4.24. The summed E-state index contributed by atoms with van der Waals surface area (Å²) in [6, 6.07) is 0. The Hall–Kier alpha value is -1.79. The van der Waals surface area contributed by atoms with E-state index in [2.05, 4.69) is 5.32 Å². The molecule has 3 atom stereocenters. The molecule has 0 aliphatic carbocycles. The molecule has 0 fully saturated rings. The standard InChI is InChI=1S/C15H27NO6/c1-5-10(3)7-12(8-13(17)18)9-16-15(20)22-11(4)21-14(19)6-2/h10-12H,5-9H2,1-4H3,(H,16,20)(H,17,18)/t10-,11+,12+/m1/s1. The number of carbonyl (C=O) groups excluding carboxylic acids is 2. The van der Waals surface area contributed by atoms with Crippen molar-refractivity contribution in [2.24, 2.45) is 11.8 Å². The molecule has 1 amide bonds. The second kappa shape index (κ2) is 10.9. The van der Waals surface area contributed by atoms with Crippen LogP contribution in [0.3, 0.4) is 0 Å². The Bertz CT molecular complexity index is 371. The largest absolute Gasteiger partial charge is 0.481 e. The van der Waals surface area contributed by atoms with Crippen molar-refractivity contribution >= 4 is 18.0 Å². The minimum absolute atomic E-state index is 0.00893. The van der Waals surface area contributed by atoms with Crippen molar-refractivity contribution in [1.29, 1.82) is 0 Å². The summed E-state index contributed by atoms with van der Waals surface area (Å²) in [5.41, 5.74) is 0. The zero-order valence-electron chi connectivity index (χ0n) is 13.8. The molecule has 0 saturated carbocycles. The van der Waals surface area contributed by atoms with Crippen molar-refractivity contribution in [2.45, 2.75) is 59.7 Å². The van der Waals surface area contributed by atoms with Crippen LogP contribution < -0.4 is 5.32 Å². The summed E-state index contributed by atoms with van der Waals surface area (Å²) in [6.07, 6.45) is 0.153. The van der Waals surface area contributed by atoms with Crippen LogP contribution in [0.25, 0.3) is 0 Å². The predicted molar refractivity (Wildman–Crippen MR) is 80.1 cm³/mol. The summed E-state index contributed by atoms with van der Waals surface area (Å²) in [7, 11) is 0. The quantitative estimate of drug-likeness (QED) is 0.474. The number of ether oxygens (including phenoxy) is 2. The van der Waals surface area contributed by atoms with Gasteiger partial charge in [-0.05, 0) is 18.3 Å². The van der Waals surface area contributed by atoms with E-state index in [-0.39, 0.29) is 25.3 Å². The second-order valence-electron chi connectivity index (χ2n) is 5.41. The summed E-state index contributed by atoms with van der Waals surface area (Å²) >= 11 is 0. The van der Waals surface area contributed by atoms with Gasteiger partial charge in [0.05, 0.1) is 0 Å². The third-order valence-electron chi connectivity index (χ3n) is 3.29. The van der Waals surface area contributed by atoms with E-state index in [1.165, 1.54) is 6.92 Å². The number of carbonyl (C=O) groups is 3. The first-order valence-corrected chi connectivity index (χ1v) is 7.64. The highest BCUT2D eigenvalue weighted by Gasteiger charge is 2.19. The van der Waals surface area contributed by atoms with E-state index in [0.717, 1.165) is 6.42 Å². The van der Waals surface area contributed by atoms with Crippen LogP contribution >= 0.6 is 0 Å². The lowest BCUT2D eigenvalue weighted by Crippen LogP contribution is -2.34. The summed E-state index contributed by atoms with van der Waals surface area (Å²) in [4.78, 5) is 33.5. The summed E-state index contributed by atoms with van der Waals surface area (Å²) in [5, 5.41) is 11.4. The molecule has 0 heterocycles. The molecular formula is C15H27NO6. The zero-order chi connectivity index (χ0) is 17.1. The zero-order valence-corrected chi connectivity index (χ0v) is 13.8. The van der Waals surface area contributed by atoms with E-state index in [1.54, 1.807) is 6.92 Å². The van der Waals surface area contributed by atoms with Crippen LogP contribution in [0.1, 0.15) is 53.4 Å². The molecule has 0 aliphatic heterocycles. The van der Waals surface area contributed by atoms with Crippen molar-refractivity contribution in [3.63, 3.8) is 0 Å².